The Morgan fingerprint density at radius 2 is 2.00 bits per heavy atom. The zero-order valence-electron chi connectivity index (χ0n) is 9.86. The van der Waals surface area contributed by atoms with E-state index >= 15 is 0 Å². The molecule has 0 aromatic carbocycles. The number of hydrogen-bond donors (Lipinski definition) is 1. The van der Waals surface area contributed by atoms with Crippen molar-refractivity contribution in [2.75, 3.05) is 0 Å². The van der Waals surface area contributed by atoms with Gasteiger partial charge in [-0.05, 0) is 36.0 Å². The second-order valence-corrected chi connectivity index (χ2v) is 5.90. The first-order chi connectivity index (χ1) is 7.51. The average molecular weight is 239 g/mol. The summed E-state index contributed by atoms with van der Waals surface area (Å²) in [5.41, 5.74) is 2.38. The second-order valence-electron chi connectivity index (χ2n) is 3.63. The summed E-state index contributed by atoms with van der Waals surface area (Å²) >= 11 is 0. The molecule has 0 amide bonds. The zero-order valence-corrected chi connectivity index (χ0v) is 10.7. The third-order valence-electron chi connectivity index (χ3n) is 2.01. The predicted octanol–water partition coefficient (Wildman–Crippen LogP) is 2.08. The van der Waals surface area contributed by atoms with Crippen molar-refractivity contribution in [2.45, 2.75) is 38.8 Å². The standard InChI is InChI=1S/C11H17N3OS/c1-4-5-6-16(12,8-15)11-13-9(2)7-10(3)14-11/h7-8H,4-5,12H2,1-3H3. The molecule has 0 fully saturated rings. The molecule has 0 aliphatic rings. The zero-order chi connectivity index (χ0) is 12.2. The molecule has 5 heteroatoms. The molecule has 4 nitrogen and oxygen atoms in total. The second kappa shape index (κ2) is 5.25. The molecule has 0 aliphatic heterocycles. The molecule has 0 aliphatic carbocycles. The van der Waals surface area contributed by atoms with Gasteiger partial charge in [-0.15, -0.1) is 5.18 Å². The molecular formula is C11H17N3OS. The lowest BCUT2D eigenvalue weighted by Gasteiger charge is -2.11. The van der Waals surface area contributed by atoms with Crippen molar-refractivity contribution in [1.29, 1.82) is 0 Å². The van der Waals surface area contributed by atoms with Gasteiger partial charge in [0.25, 0.3) is 0 Å². The van der Waals surface area contributed by atoms with Gasteiger partial charge in [-0.25, -0.2) is 9.97 Å². The molecule has 1 atom stereocenters. The summed E-state index contributed by atoms with van der Waals surface area (Å²) in [6, 6.07) is 1.86. The smallest absolute Gasteiger partial charge is 0.199 e. The summed E-state index contributed by atoms with van der Waals surface area (Å²) in [5, 5.41) is 9.47. The van der Waals surface area contributed by atoms with Crippen LogP contribution in [0.15, 0.2) is 11.2 Å². The monoisotopic (exact) mass is 239 g/mol. The number of aryl methyl sites for hydroxylation is 2. The van der Waals surface area contributed by atoms with E-state index in [-0.39, 0.29) is 0 Å². The number of hydrogen-bond acceptors (Lipinski definition) is 4. The van der Waals surface area contributed by atoms with Crippen LogP contribution in [0.1, 0.15) is 31.2 Å². The number of aromatic nitrogens is 2. The van der Waals surface area contributed by atoms with Gasteiger partial charge in [0.1, 0.15) is 0 Å². The highest BCUT2D eigenvalue weighted by atomic mass is 32.2. The van der Waals surface area contributed by atoms with Crippen LogP contribution in [-0.4, -0.2) is 15.6 Å². The van der Waals surface area contributed by atoms with Gasteiger partial charge in [0.2, 0.25) is 0 Å². The van der Waals surface area contributed by atoms with Gasteiger partial charge >= 0.3 is 0 Å². The van der Waals surface area contributed by atoms with Crippen LogP contribution in [-0.2, 0) is 4.79 Å². The summed E-state index contributed by atoms with van der Waals surface area (Å²) in [5.74, 6) is 0. The molecule has 1 aromatic heterocycles. The Labute approximate surface area is 97.0 Å². The Balaban J connectivity index is 3.35. The van der Waals surface area contributed by atoms with E-state index in [0.29, 0.717) is 11.6 Å². The van der Waals surface area contributed by atoms with Crippen molar-refractivity contribution >= 4 is 15.2 Å². The summed E-state index contributed by atoms with van der Waals surface area (Å²) in [7, 11) is -2.22. The van der Waals surface area contributed by atoms with E-state index in [2.05, 4.69) is 15.2 Å². The highest BCUT2D eigenvalue weighted by Gasteiger charge is 2.12. The van der Waals surface area contributed by atoms with E-state index in [1.54, 1.807) is 0 Å². The molecule has 1 rings (SSSR count). The molecule has 1 heterocycles. The van der Waals surface area contributed by atoms with Crippen molar-refractivity contribution < 1.29 is 4.79 Å². The fourth-order valence-corrected chi connectivity index (χ4v) is 2.67. The van der Waals surface area contributed by atoms with E-state index in [1.165, 1.54) is 0 Å². The molecule has 1 unspecified atom stereocenters. The predicted molar refractivity (Wildman–Crippen MR) is 67.1 cm³/mol. The van der Waals surface area contributed by atoms with Crippen LogP contribution in [0.3, 0.4) is 0 Å². The first-order valence-electron chi connectivity index (χ1n) is 5.15. The number of carbonyl (C=O) groups excluding carboxylic acids is 1. The Morgan fingerprint density at radius 1 is 1.44 bits per heavy atom. The maximum absolute atomic E-state index is 11.1. The number of rotatable bonds is 1. The van der Waals surface area contributed by atoms with Crippen LogP contribution in [0.4, 0.5) is 0 Å². The minimum Gasteiger partial charge on any atom is -0.290 e. The first-order valence-corrected chi connectivity index (χ1v) is 6.91. The first kappa shape index (κ1) is 12.9. The molecule has 16 heavy (non-hydrogen) atoms. The summed E-state index contributed by atoms with van der Waals surface area (Å²) < 4.78 is 0. The molecule has 0 saturated carbocycles. The number of unbranched alkanes of at least 4 members (excludes halogenated alkanes) is 1. The Bertz CT molecular complexity index is 490. The van der Waals surface area contributed by atoms with Gasteiger partial charge in [0.15, 0.2) is 10.8 Å². The van der Waals surface area contributed by atoms with E-state index in [9.17, 15) is 4.79 Å². The van der Waals surface area contributed by atoms with Gasteiger partial charge in [-0.2, -0.15) is 0 Å². The van der Waals surface area contributed by atoms with Gasteiger partial charge in [0, 0.05) is 17.8 Å². The fraction of sp³-hybridized carbons (Fsp3) is 0.455. The highest BCUT2D eigenvalue weighted by molar-refractivity contribution is 8.33. The van der Waals surface area contributed by atoms with Crippen LogP contribution in [0, 0.1) is 19.0 Å². The third-order valence-corrected chi connectivity index (χ3v) is 3.78. The number of nitrogens with zero attached hydrogens (tertiary/aromatic N) is 2. The molecule has 0 bridgehead atoms. The SMILES string of the molecule is CCCC#S(N)(C=O)c1nc(C)cc(C)n1. The third kappa shape index (κ3) is 2.92. The average Bonchev–Trinajstić information content (AvgIpc) is 2.24. The Kier molecular flexibility index (Phi) is 4.24. The maximum Gasteiger partial charge on any atom is 0.199 e. The number of nitrogens with two attached hydrogens (primary N) is 1. The highest BCUT2D eigenvalue weighted by Crippen LogP contribution is 2.29. The maximum atomic E-state index is 11.1. The van der Waals surface area contributed by atoms with E-state index < -0.39 is 9.62 Å². The quantitative estimate of drug-likeness (QED) is 0.601. The van der Waals surface area contributed by atoms with Crippen LogP contribution < -0.4 is 5.14 Å². The van der Waals surface area contributed by atoms with Gasteiger partial charge < -0.3 is 0 Å². The molecular weight excluding hydrogens is 222 g/mol. The minimum absolute atomic E-state index is 0.411. The molecule has 2 N–H and O–H groups in total. The summed E-state index contributed by atoms with van der Waals surface area (Å²) in [4.78, 5) is 19.6. The lowest BCUT2D eigenvalue weighted by atomic mass is 10.4. The van der Waals surface area contributed by atoms with E-state index in [1.807, 2.05) is 26.8 Å². The van der Waals surface area contributed by atoms with Gasteiger partial charge in [0.05, 0.1) is 0 Å². The Hall–Kier alpha value is -1.16. The van der Waals surface area contributed by atoms with E-state index in [4.69, 9.17) is 5.14 Å². The molecule has 1 aromatic rings. The molecule has 0 spiro atoms. The van der Waals surface area contributed by atoms with Crippen molar-refractivity contribution in [1.82, 2.24) is 9.97 Å². The van der Waals surface area contributed by atoms with Crippen LogP contribution in [0.2, 0.25) is 0 Å². The number of carbonyl (C=O) groups is 1. The lowest BCUT2D eigenvalue weighted by Crippen LogP contribution is -2.07. The van der Waals surface area contributed by atoms with Gasteiger partial charge in [-0.1, -0.05) is 6.92 Å². The molecule has 0 radical (unpaired) electrons. The Morgan fingerprint density at radius 3 is 2.44 bits per heavy atom. The van der Waals surface area contributed by atoms with Crippen molar-refractivity contribution in [3.8, 4) is 5.18 Å². The van der Waals surface area contributed by atoms with Crippen molar-refractivity contribution in [3.05, 3.63) is 17.5 Å². The van der Waals surface area contributed by atoms with Crippen LogP contribution in [0.5, 0.6) is 0 Å². The fourth-order valence-electron chi connectivity index (χ4n) is 1.26. The molecule has 0 saturated heterocycles. The summed E-state index contributed by atoms with van der Waals surface area (Å²) in [6.45, 7) is 5.74. The van der Waals surface area contributed by atoms with Crippen LogP contribution >= 0.6 is 9.62 Å². The lowest BCUT2D eigenvalue weighted by molar-refractivity contribution is 0.569. The minimum atomic E-state index is -2.22. The summed E-state index contributed by atoms with van der Waals surface area (Å²) in [6.07, 6.45) is 1.59. The topological polar surface area (TPSA) is 68.9 Å². The van der Waals surface area contributed by atoms with Crippen LogP contribution in [0.25, 0.3) is 0 Å². The van der Waals surface area contributed by atoms with Crippen molar-refractivity contribution in [3.63, 3.8) is 0 Å². The normalized spacial score (nSPS) is 14.0. The largest absolute Gasteiger partial charge is 0.290 e. The van der Waals surface area contributed by atoms with Crippen molar-refractivity contribution in [2.24, 2.45) is 5.14 Å². The molecule has 88 valence electrons. The van der Waals surface area contributed by atoms with Gasteiger partial charge in [-0.3, -0.25) is 9.93 Å². The van der Waals surface area contributed by atoms with E-state index in [0.717, 1.165) is 23.4 Å².